The highest BCUT2D eigenvalue weighted by Crippen LogP contribution is 2.25. The largest absolute Gasteiger partial charge is 0.378 e. The fourth-order valence-electron chi connectivity index (χ4n) is 2.17. The maximum absolute atomic E-state index is 10.7. The Bertz CT molecular complexity index is 494. The second-order valence-corrected chi connectivity index (χ2v) is 4.62. The van der Waals surface area contributed by atoms with Crippen LogP contribution in [0.15, 0.2) is 23.3 Å². The van der Waals surface area contributed by atoms with Crippen LogP contribution in [0.2, 0.25) is 0 Å². The van der Waals surface area contributed by atoms with Crippen LogP contribution in [0.3, 0.4) is 0 Å². The Morgan fingerprint density at radius 2 is 2.17 bits per heavy atom. The van der Waals surface area contributed by atoms with Gasteiger partial charge in [0.1, 0.15) is 0 Å². The van der Waals surface area contributed by atoms with E-state index < -0.39 is 6.03 Å². The van der Waals surface area contributed by atoms with E-state index in [1.54, 1.807) is 0 Å². The zero-order valence-electron chi connectivity index (χ0n) is 10.7. The Morgan fingerprint density at radius 1 is 1.39 bits per heavy atom. The smallest absolute Gasteiger partial charge is 0.332 e. The number of carbonyl (C=O) groups is 1. The van der Waals surface area contributed by atoms with Gasteiger partial charge in [-0.2, -0.15) is 5.10 Å². The number of primary amides is 1. The zero-order valence-corrected chi connectivity index (χ0v) is 10.7. The van der Waals surface area contributed by atoms with Crippen LogP contribution in [0.25, 0.3) is 0 Å². The van der Waals surface area contributed by atoms with Crippen molar-refractivity contribution in [1.29, 1.82) is 0 Å². The minimum absolute atomic E-state index is 0.625. The standard InChI is InChI=1S/C13H18N4O/c1-17(2)10-6-7-11-9(8-10)4-3-5-12(11)15-16-13(14)18/h6-8H,3-5H2,1-2H3,(H3,14,16,18). The van der Waals surface area contributed by atoms with Gasteiger partial charge >= 0.3 is 6.03 Å². The zero-order chi connectivity index (χ0) is 13.1. The lowest BCUT2D eigenvalue weighted by Crippen LogP contribution is -2.27. The molecule has 0 bridgehead atoms. The van der Waals surface area contributed by atoms with E-state index in [1.165, 1.54) is 11.3 Å². The van der Waals surface area contributed by atoms with Gasteiger partial charge < -0.3 is 10.6 Å². The molecule has 1 aromatic carbocycles. The summed E-state index contributed by atoms with van der Waals surface area (Å²) < 4.78 is 0. The predicted octanol–water partition coefficient (Wildman–Crippen LogP) is 1.46. The lowest BCUT2D eigenvalue weighted by atomic mass is 9.89. The van der Waals surface area contributed by atoms with Crippen molar-refractivity contribution in [2.75, 3.05) is 19.0 Å². The number of aryl methyl sites for hydroxylation is 1. The predicted molar refractivity (Wildman–Crippen MR) is 73.0 cm³/mol. The SMILES string of the molecule is CN(C)c1ccc2c(c1)CCCC2=NNC(N)=O. The molecule has 0 saturated carbocycles. The van der Waals surface area contributed by atoms with E-state index in [2.05, 4.69) is 33.6 Å². The van der Waals surface area contributed by atoms with E-state index in [9.17, 15) is 4.79 Å². The second kappa shape index (κ2) is 5.08. The van der Waals surface area contributed by atoms with Crippen molar-refractivity contribution in [3.8, 4) is 0 Å². The molecule has 96 valence electrons. The van der Waals surface area contributed by atoms with Crippen molar-refractivity contribution in [3.05, 3.63) is 29.3 Å². The molecule has 0 atom stereocenters. The lowest BCUT2D eigenvalue weighted by molar-refractivity contribution is 0.249. The maximum atomic E-state index is 10.7. The van der Waals surface area contributed by atoms with E-state index >= 15 is 0 Å². The third-order valence-corrected chi connectivity index (χ3v) is 3.08. The summed E-state index contributed by atoms with van der Waals surface area (Å²) >= 11 is 0. The Morgan fingerprint density at radius 3 is 2.83 bits per heavy atom. The number of hydrazone groups is 1. The van der Waals surface area contributed by atoms with Crippen LogP contribution < -0.4 is 16.1 Å². The van der Waals surface area contributed by atoms with Gasteiger partial charge in [0.05, 0.1) is 5.71 Å². The first kappa shape index (κ1) is 12.4. The average molecular weight is 246 g/mol. The van der Waals surface area contributed by atoms with Crippen LogP contribution in [0.5, 0.6) is 0 Å². The topological polar surface area (TPSA) is 70.7 Å². The maximum Gasteiger partial charge on any atom is 0.332 e. The van der Waals surface area contributed by atoms with Gasteiger partial charge in [-0.1, -0.05) is 6.07 Å². The molecule has 5 heteroatoms. The number of benzene rings is 1. The number of anilines is 1. The van der Waals surface area contributed by atoms with Gasteiger partial charge in [-0.05, 0) is 37.0 Å². The van der Waals surface area contributed by atoms with Crippen molar-refractivity contribution in [2.24, 2.45) is 10.8 Å². The number of hydrogen-bond acceptors (Lipinski definition) is 3. The van der Waals surface area contributed by atoms with Gasteiger partial charge in [-0.15, -0.1) is 0 Å². The van der Waals surface area contributed by atoms with Gasteiger partial charge in [0.25, 0.3) is 0 Å². The third kappa shape index (κ3) is 2.61. The molecular weight excluding hydrogens is 228 g/mol. The number of nitrogens with zero attached hydrogens (tertiary/aromatic N) is 2. The lowest BCUT2D eigenvalue weighted by Gasteiger charge is -2.21. The van der Waals surface area contributed by atoms with Gasteiger partial charge in [-0.3, -0.25) is 0 Å². The third-order valence-electron chi connectivity index (χ3n) is 3.08. The number of urea groups is 1. The fraction of sp³-hybridized carbons (Fsp3) is 0.385. The number of fused-ring (bicyclic) bond motifs is 1. The molecule has 1 aromatic rings. The Labute approximate surface area is 107 Å². The normalized spacial score (nSPS) is 16.2. The quantitative estimate of drug-likeness (QED) is 0.775. The summed E-state index contributed by atoms with van der Waals surface area (Å²) in [5.41, 5.74) is 11.8. The van der Waals surface area contributed by atoms with E-state index in [4.69, 9.17) is 5.73 Å². The van der Waals surface area contributed by atoms with Crippen molar-refractivity contribution in [1.82, 2.24) is 5.43 Å². The first-order chi connectivity index (χ1) is 8.58. The first-order valence-electron chi connectivity index (χ1n) is 6.00. The Balaban J connectivity index is 2.33. The Kier molecular flexibility index (Phi) is 3.50. The van der Waals surface area contributed by atoms with Crippen molar-refractivity contribution in [2.45, 2.75) is 19.3 Å². The average Bonchev–Trinajstić information content (AvgIpc) is 2.35. The highest BCUT2D eigenvalue weighted by Gasteiger charge is 2.16. The molecule has 1 aliphatic carbocycles. The van der Waals surface area contributed by atoms with Crippen molar-refractivity contribution in [3.63, 3.8) is 0 Å². The summed E-state index contributed by atoms with van der Waals surface area (Å²) in [6, 6.07) is 5.67. The molecular formula is C13H18N4O. The highest BCUT2D eigenvalue weighted by atomic mass is 16.2. The van der Waals surface area contributed by atoms with E-state index in [1.807, 2.05) is 14.1 Å². The van der Waals surface area contributed by atoms with E-state index in [-0.39, 0.29) is 0 Å². The molecule has 0 heterocycles. The second-order valence-electron chi connectivity index (χ2n) is 4.62. The number of rotatable bonds is 2. The summed E-state index contributed by atoms with van der Waals surface area (Å²) in [4.78, 5) is 12.8. The van der Waals surface area contributed by atoms with Crippen LogP contribution in [0.1, 0.15) is 24.0 Å². The minimum atomic E-state index is -0.625. The van der Waals surface area contributed by atoms with Gasteiger partial charge in [0.2, 0.25) is 0 Å². The molecule has 0 radical (unpaired) electrons. The van der Waals surface area contributed by atoms with Gasteiger partial charge in [0.15, 0.2) is 0 Å². The minimum Gasteiger partial charge on any atom is -0.378 e. The van der Waals surface area contributed by atoms with Gasteiger partial charge in [0, 0.05) is 25.3 Å². The molecule has 3 N–H and O–H groups in total. The number of nitrogens with one attached hydrogen (secondary N) is 1. The van der Waals surface area contributed by atoms with E-state index in [0.29, 0.717) is 0 Å². The summed E-state index contributed by atoms with van der Waals surface area (Å²) in [6.07, 6.45) is 2.96. The first-order valence-corrected chi connectivity index (χ1v) is 6.00. The van der Waals surface area contributed by atoms with Crippen LogP contribution >= 0.6 is 0 Å². The number of carbonyl (C=O) groups excluding carboxylic acids is 1. The Hall–Kier alpha value is -2.04. The highest BCUT2D eigenvalue weighted by molar-refractivity contribution is 6.03. The molecule has 0 aromatic heterocycles. The number of amides is 2. The summed E-state index contributed by atoms with van der Waals surface area (Å²) in [5.74, 6) is 0. The molecule has 0 unspecified atom stereocenters. The van der Waals surface area contributed by atoms with Crippen molar-refractivity contribution < 1.29 is 4.79 Å². The number of nitrogens with two attached hydrogens (primary N) is 1. The van der Waals surface area contributed by atoms with Crippen LogP contribution in [0.4, 0.5) is 10.5 Å². The van der Waals surface area contributed by atoms with Crippen LogP contribution in [0, 0.1) is 0 Å². The molecule has 18 heavy (non-hydrogen) atoms. The monoisotopic (exact) mass is 246 g/mol. The van der Waals surface area contributed by atoms with Crippen LogP contribution in [-0.2, 0) is 6.42 Å². The van der Waals surface area contributed by atoms with E-state index in [0.717, 1.165) is 30.5 Å². The molecule has 0 spiro atoms. The summed E-state index contributed by atoms with van der Waals surface area (Å²) in [7, 11) is 4.04. The molecule has 0 fully saturated rings. The summed E-state index contributed by atoms with van der Waals surface area (Å²) in [6.45, 7) is 0. The fourth-order valence-corrected chi connectivity index (χ4v) is 2.17. The molecule has 1 aliphatic rings. The number of hydrogen-bond donors (Lipinski definition) is 2. The van der Waals surface area contributed by atoms with Crippen molar-refractivity contribution >= 4 is 17.4 Å². The molecule has 2 amide bonds. The molecule has 0 saturated heterocycles. The van der Waals surface area contributed by atoms with Gasteiger partial charge in [-0.25, -0.2) is 10.2 Å². The van der Waals surface area contributed by atoms with Crippen LogP contribution in [-0.4, -0.2) is 25.8 Å². The molecule has 2 rings (SSSR count). The molecule has 5 nitrogen and oxygen atoms in total. The summed E-state index contributed by atoms with van der Waals surface area (Å²) in [5, 5.41) is 4.08. The molecule has 0 aliphatic heterocycles.